The van der Waals surface area contributed by atoms with Gasteiger partial charge in [0.15, 0.2) is 0 Å². The van der Waals surface area contributed by atoms with E-state index in [0.717, 1.165) is 16.4 Å². The van der Waals surface area contributed by atoms with Crippen molar-refractivity contribution in [1.82, 2.24) is 4.98 Å². The minimum absolute atomic E-state index is 0.917. The summed E-state index contributed by atoms with van der Waals surface area (Å²) in [6, 6.07) is 8.00. The van der Waals surface area contributed by atoms with Crippen molar-refractivity contribution in [2.24, 2.45) is 0 Å². The van der Waals surface area contributed by atoms with Gasteiger partial charge in [0.05, 0.1) is 6.26 Å². The van der Waals surface area contributed by atoms with E-state index in [9.17, 15) is 0 Å². The summed E-state index contributed by atoms with van der Waals surface area (Å²) in [5, 5.41) is 3.48. The van der Waals surface area contributed by atoms with Crippen molar-refractivity contribution in [2.75, 3.05) is 0 Å². The minimum atomic E-state index is 0.917. The topological polar surface area (TPSA) is 26.0 Å². The molecule has 0 spiro atoms. The number of hydrogen-bond acceptors (Lipinski definition) is 2. The van der Waals surface area contributed by atoms with Gasteiger partial charge in [-0.2, -0.15) is 0 Å². The van der Waals surface area contributed by atoms with Crippen molar-refractivity contribution >= 4 is 21.7 Å². The van der Waals surface area contributed by atoms with Gasteiger partial charge in [0.2, 0.25) is 0 Å². The van der Waals surface area contributed by atoms with Crippen LogP contribution in [0.1, 0.15) is 0 Å². The first-order valence-corrected chi connectivity index (χ1v) is 4.15. The van der Waals surface area contributed by atoms with Gasteiger partial charge in [-0.1, -0.05) is 6.07 Å². The summed E-state index contributed by atoms with van der Waals surface area (Å²) in [5.41, 5.74) is 0.917. The molecule has 62 valence electrons. The SMILES string of the molecule is c1cc2ccc3occc3c2cn1. The normalized spacial score (nSPS) is 11.1. The molecule has 2 nitrogen and oxygen atoms in total. The molecule has 0 saturated heterocycles. The molecule has 0 aliphatic rings. The fraction of sp³-hybridized carbons (Fsp3) is 0. The highest BCUT2D eigenvalue weighted by molar-refractivity contribution is 6.05. The van der Waals surface area contributed by atoms with Crippen LogP contribution in [0.3, 0.4) is 0 Å². The van der Waals surface area contributed by atoms with Gasteiger partial charge in [0.25, 0.3) is 0 Å². The maximum atomic E-state index is 5.30. The number of aromatic nitrogens is 1. The summed E-state index contributed by atoms with van der Waals surface area (Å²) in [6.45, 7) is 0. The summed E-state index contributed by atoms with van der Waals surface area (Å²) >= 11 is 0. The number of benzene rings is 1. The minimum Gasteiger partial charge on any atom is -0.464 e. The lowest BCUT2D eigenvalue weighted by Gasteiger charge is -1.96. The fourth-order valence-corrected chi connectivity index (χ4v) is 1.61. The Labute approximate surface area is 74.8 Å². The molecule has 0 saturated carbocycles. The lowest BCUT2D eigenvalue weighted by molar-refractivity contribution is 0.616. The zero-order chi connectivity index (χ0) is 8.67. The van der Waals surface area contributed by atoms with E-state index in [0.29, 0.717) is 0 Å². The summed E-state index contributed by atoms with van der Waals surface area (Å²) in [5.74, 6) is 0. The summed E-state index contributed by atoms with van der Waals surface area (Å²) < 4.78 is 5.30. The van der Waals surface area contributed by atoms with Crippen LogP contribution < -0.4 is 0 Å². The molecule has 0 unspecified atom stereocenters. The Morgan fingerprint density at radius 2 is 2.00 bits per heavy atom. The molecular formula is C11H7NO. The average molecular weight is 169 g/mol. The molecule has 0 aliphatic carbocycles. The Hall–Kier alpha value is -1.83. The molecule has 0 fully saturated rings. The highest BCUT2D eigenvalue weighted by atomic mass is 16.3. The molecule has 0 aliphatic heterocycles. The molecule has 0 bridgehead atoms. The van der Waals surface area contributed by atoms with Crippen molar-refractivity contribution in [3.8, 4) is 0 Å². The van der Waals surface area contributed by atoms with Gasteiger partial charge in [-0.25, -0.2) is 0 Å². The van der Waals surface area contributed by atoms with Crippen LogP contribution >= 0.6 is 0 Å². The van der Waals surface area contributed by atoms with Gasteiger partial charge in [-0.3, -0.25) is 4.98 Å². The van der Waals surface area contributed by atoms with Crippen molar-refractivity contribution in [1.29, 1.82) is 0 Å². The predicted octanol–water partition coefficient (Wildman–Crippen LogP) is 2.98. The lowest BCUT2D eigenvalue weighted by atomic mass is 10.1. The largest absolute Gasteiger partial charge is 0.464 e. The molecule has 2 heterocycles. The zero-order valence-corrected chi connectivity index (χ0v) is 6.90. The lowest BCUT2D eigenvalue weighted by Crippen LogP contribution is -1.74. The number of nitrogens with zero attached hydrogens (tertiary/aromatic N) is 1. The first-order chi connectivity index (χ1) is 6.45. The standard InChI is InChI=1S/C11H7NO/c1-2-11-9(4-6-13-11)10-7-12-5-3-8(1)10/h1-7H. The highest BCUT2D eigenvalue weighted by Gasteiger charge is 2.00. The summed E-state index contributed by atoms with van der Waals surface area (Å²) in [7, 11) is 0. The molecule has 2 heteroatoms. The molecule has 2 aromatic heterocycles. The van der Waals surface area contributed by atoms with Crippen molar-refractivity contribution < 1.29 is 4.42 Å². The second-order valence-corrected chi connectivity index (χ2v) is 2.99. The third-order valence-corrected chi connectivity index (χ3v) is 2.25. The van der Waals surface area contributed by atoms with Crippen LogP contribution in [0, 0.1) is 0 Å². The molecular weight excluding hydrogens is 162 g/mol. The Morgan fingerprint density at radius 3 is 3.00 bits per heavy atom. The quantitative estimate of drug-likeness (QED) is 0.517. The monoisotopic (exact) mass is 169 g/mol. The predicted molar refractivity (Wildman–Crippen MR) is 51.5 cm³/mol. The molecule has 3 aromatic rings. The van der Waals surface area contributed by atoms with Crippen LogP contribution in [0.5, 0.6) is 0 Å². The highest BCUT2D eigenvalue weighted by Crippen LogP contribution is 2.24. The molecule has 3 rings (SSSR count). The first-order valence-electron chi connectivity index (χ1n) is 4.15. The van der Waals surface area contributed by atoms with E-state index < -0.39 is 0 Å². The Morgan fingerprint density at radius 1 is 1.00 bits per heavy atom. The third kappa shape index (κ3) is 0.855. The van der Waals surface area contributed by atoms with Gasteiger partial charge in [-0.05, 0) is 23.6 Å². The molecule has 0 radical (unpaired) electrons. The van der Waals surface area contributed by atoms with E-state index in [2.05, 4.69) is 4.98 Å². The Bertz CT molecular complexity index is 568. The molecule has 0 amide bonds. The smallest absolute Gasteiger partial charge is 0.134 e. The zero-order valence-electron chi connectivity index (χ0n) is 6.90. The van der Waals surface area contributed by atoms with Gasteiger partial charge >= 0.3 is 0 Å². The van der Waals surface area contributed by atoms with Gasteiger partial charge in [-0.15, -0.1) is 0 Å². The number of pyridine rings is 1. The maximum Gasteiger partial charge on any atom is 0.134 e. The van der Waals surface area contributed by atoms with Gasteiger partial charge in [0, 0.05) is 23.2 Å². The summed E-state index contributed by atoms with van der Waals surface area (Å²) in [6.07, 6.45) is 5.37. The van der Waals surface area contributed by atoms with Gasteiger partial charge < -0.3 is 4.42 Å². The van der Waals surface area contributed by atoms with Crippen molar-refractivity contribution in [3.63, 3.8) is 0 Å². The van der Waals surface area contributed by atoms with Crippen LogP contribution in [-0.4, -0.2) is 4.98 Å². The number of furan rings is 1. The van der Waals surface area contributed by atoms with E-state index in [4.69, 9.17) is 4.42 Å². The fourth-order valence-electron chi connectivity index (χ4n) is 1.61. The van der Waals surface area contributed by atoms with E-state index in [-0.39, 0.29) is 0 Å². The van der Waals surface area contributed by atoms with Crippen molar-refractivity contribution in [3.05, 3.63) is 42.9 Å². The molecule has 0 N–H and O–H groups in total. The number of rotatable bonds is 0. The van der Waals surface area contributed by atoms with E-state index in [1.54, 1.807) is 12.5 Å². The second kappa shape index (κ2) is 2.33. The van der Waals surface area contributed by atoms with Crippen LogP contribution in [0.2, 0.25) is 0 Å². The maximum absolute atomic E-state index is 5.30. The van der Waals surface area contributed by atoms with Crippen LogP contribution in [0.25, 0.3) is 21.7 Å². The molecule has 13 heavy (non-hydrogen) atoms. The van der Waals surface area contributed by atoms with E-state index in [1.807, 2.05) is 30.5 Å². The van der Waals surface area contributed by atoms with Gasteiger partial charge in [0.1, 0.15) is 5.58 Å². The second-order valence-electron chi connectivity index (χ2n) is 2.99. The van der Waals surface area contributed by atoms with E-state index >= 15 is 0 Å². The Kier molecular flexibility index (Phi) is 1.19. The van der Waals surface area contributed by atoms with E-state index in [1.165, 1.54) is 5.39 Å². The average Bonchev–Trinajstić information content (AvgIpc) is 2.65. The van der Waals surface area contributed by atoms with Crippen LogP contribution in [-0.2, 0) is 0 Å². The molecule has 0 atom stereocenters. The van der Waals surface area contributed by atoms with Crippen LogP contribution in [0.15, 0.2) is 47.3 Å². The Balaban J connectivity index is 2.65. The summed E-state index contributed by atoms with van der Waals surface area (Å²) in [4.78, 5) is 4.10. The van der Waals surface area contributed by atoms with Crippen molar-refractivity contribution in [2.45, 2.75) is 0 Å². The first kappa shape index (κ1) is 6.66. The number of fused-ring (bicyclic) bond motifs is 3. The third-order valence-electron chi connectivity index (χ3n) is 2.25. The number of hydrogen-bond donors (Lipinski definition) is 0. The molecule has 1 aromatic carbocycles. The van der Waals surface area contributed by atoms with Crippen LogP contribution in [0.4, 0.5) is 0 Å².